The first-order valence-electron chi connectivity index (χ1n) is 4.57. The van der Waals surface area contributed by atoms with Crippen molar-refractivity contribution < 1.29 is 14.9 Å². The molecule has 0 unspecified atom stereocenters. The van der Waals surface area contributed by atoms with Gasteiger partial charge in [-0.3, -0.25) is 0 Å². The number of phenols is 1. The molecule has 4 nitrogen and oxygen atoms in total. The summed E-state index contributed by atoms with van der Waals surface area (Å²) in [6.07, 6.45) is 0. The molecule has 82 valence electrons. The zero-order valence-corrected chi connectivity index (χ0v) is 9.01. The number of β-amino-alcohol motifs (C(OH)–C–C–N with tert-alkyl or cyclic N) is 1. The van der Waals surface area contributed by atoms with Crippen LogP contribution >= 0.6 is 11.6 Å². The lowest BCUT2D eigenvalue weighted by atomic mass is 9.87. The van der Waals surface area contributed by atoms with Crippen LogP contribution in [-0.4, -0.2) is 30.4 Å². The first kappa shape index (κ1) is 10.5. The van der Waals surface area contributed by atoms with Gasteiger partial charge in [0.25, 0.3) is 0 Å². The van der Waals surface area contributed by atoms with Gasteiger partial charge in [0.15, 0.2) is 11.5 Å². The number of rotatable bonds is 2. The van der Waals surface area contributed by atoms with Gasteiger partial charge in [0.1, 0.15) is 5.60 Å². The average molecular weight is 230 g/mol. The van der Waals surface area contributed by atoms with Crippen molar-refractivity contribution in [3.05, 3.63) is 22.7 Å². The highest BCUT2D eigenvalue weighted by Gasteiger charge is 2.39. The fraction of sp³-hybridized carbons (Fsp3) is 0.400. The van der Waals surface area contributed by atoms with Crippen molar-refractivity contribution in [2.24, 2.45) is 0 Å². The van der Waals surface area contributed by atoms with E-state index in [9.17, 15) is 10.2 Å². The molecule has 1 aromatic carbocycles. The van der Waals surface area contributed by atoms with Crippen LogP contribution < -0.4 is 10.1 Å². The van der Waals surface area contributed by atoms with Gasteiger partial charge in [0, 0.05) is 29.7 Å². The van der Waals surface area contributed by atoms with E-state index >= 15 is 0 Å². The lowest BCUT2D eigenvalue weighted by Crippen LogP contribution is -2.56. The molecule has 1 aromatic rings. The summed E-state index contributed by atoms with van der Waals surface area (Å²) in [5.74, 6) is 0.226. The van der Waals surface area contributed by atoms with Crippen LogP contribution in [-0.2, 0) is 5.60 Å². The van der Waals surface area contributed by atoms with E-state index in [-0.39, 0.29) is 11.5 Å². The normalized spacial score (nSPS) is 18.3. The summed E-state index contributed by atoms with van der Waals surface area (Å²) in [6, 6.07) is 3.07. The van der Waals surface area contributed by atoms with Gasteiger partial charge >= 0.3 is 0 Å². The Balaban J connectivity index is 2.50. The zero-order chi connectivity index (χ0) is 11.1. The Hall–Kier alpha value is -0.970. The minimum Gasteiger partial charge on any atom is -0.504 e. The Bertz CT molecular complexity index is 390. The highest BCUT2D eigenvalue weighted by molar-refractivity contribution is 6.30. The van der Waals surface area contributed by atoms with Crippen LogP contribution in [0.3, 0.4) is 0 Å². The second kappa shape index (κ2) is 3.56. The fourth-order valence-corrected chi connectivity index (χ4v) is 1.85. The standard InChI is InChI=1S/C10H12ClNO3/c1-15-8-3-6(11)2-7(9(8)13)10(14)4-12-5-10/h2-3,12-14H,4-5H2,1H3. The van der Waals surface area contributed by atoms with Gasteiger partial charge in [-0.15, -0.1) is 0 Å². The highest BCUT2D eigenvalue weighted by atomic mass is 35.5. The molecule has 0 spiro atoms. The van der Waals surface area contributed by atoms with Crippen LogP contribution in [0.2, 0.25) is 5.02 Å². The Labute approximate surface area is 92.4 Å². The largest absolute Gasteiger partial charge is 0.504 e. The molecular weight excluding hydrogens is 218 g/mol. The van der Waals surface area contributed by atoms with Gasteiger partial charge in [-0.2, -0.15) is 0 Å². The molecular formula is C10H12ClNO3. The molecule has 1 aliphatic heterocycles. The minimum atomic E-state index is -1.04. The lowest BCUT2D eigenvalue weighted by molar-refractivity contribution is -0.0166. The maximum absolute atomic E-state index is 10.1. The summed E-state index contributed by atoms with van der Waals surface area (Å²) in [4.78, 5) is 0. The van der Waals surface area contributed by atoms with Crippen LogP contribution in [0, 0.1) is 0 Å². The molecule has 1 aliphatic rings. The van der Waals surface area contributed by atoms with Crippen LogP contribution in [0.4, 0.5) is 0 Å². The maximum Gasteiger partial charge on any atom is 0.164 e. The molecule has 0 saturated carbocycles. The summed E-state index contributed by atoms with van der Waals surface area (Å²) in [5.41, 5.74) is -0.631. The summed E-state index contributed by atoms with van der Waals surface area (Å²) in [7, 11) is 1.44. The predicted molar refractivity (Wildman–Crippen MR) is 56.4 cm³/mol. The van der Waals surface area contributed by atoms with Gasteiger partial charge in [-0.05, 0) is 6.07 Å². The van der Waals surface area contributed by atoms with Gasteiger partial charge in [0.05, 0.1) is 7.11 Å². The number of ether oxygens (including phenoxy) is 1. The van der Waals surface area contributed by atoms with Gasteiger partial charge < -0.3 is 20.3 Å². The van der Waals surface area contributed by atoms with E-state index in [4.69, 9.17) is 16.3 Å². The third kappa shape index (κ3) is 1.65. The number of hydrogen-bond acceptors (Lipinski definition) is 4. The molecule has 1 saturated heterocycles. The zero-order valence-electron chi connectivity index (χ0n) is 8.25. The molecule has 1 fully saturated rings. The van der Waals surface area contributed by atoms with E-state index in [0.29, 0.717) is 23.7 Å². The highest BCUT2D eigenvalue weighted by Crippen LogP contribution is 2.40. The summed E-state index contributed by atoms with van der Waals surface area (Å²) in [5, 5.41) is 23.3. The van der Waals surface area contributed by atoms with Crippen molar-refractivity contribution in [2.75, 3.05) is 20.2 Å². The van der Waals surface area contributed by atoms with E-state index in [1.54, 1.807) is 6.07 Å². The Morgan fingerprint density at radius 1 is 1.47 bits per heavy atom. The van der Waals surface area contributed by atoms with E-state index < -0.39 is 5.60 Å². The predicted octanol–water partition coefficient (Wildman–Crippen LogP) is 0.845. The molecule has 5 heteroatoms. The molecule has 15 heavy (non-hydrogen) atoms. The van der Waals surface area contributed by atoms with E-state index in [1.165, 1.54) is 13.2 Å². The number of halogens is 1. The van der Waals surface area contributed by atoms with E-state index in [0.717, 1.165) is 0 Å². The Morgan fingerprint density at radius 3 is 2.60 bits per heavy atom. The summed E-state index contributed by atoms with van der Waals surface area (Å²) < 4.78 is 4.96. The number of hydrogen-bond donors (Lipinski definition) is 3. The molecule has 1 heterocycles. The van der Waals surface area contributed by atoms with Crippen molar-refractivity contribution >= 4 is 11.6 Å². The number of nitrogens with one attached hydrogen (secondary N) is 1. The van der Waals surface area contributed by atoms with Crippen LogP contribution in [0.5, 0.6) is 11.5 Å². The molecule has 0 amide bonds. The molecule has 2 rings (SSSR count). The number of benzene rings is 1. The number of methoxy groups -OCH3 is 1. The van der Waals surface area contributed by atoms with Crippen molar-refractivity contribution in [3.8, 4) is 11.5 Å². The monoisotopic (exact) mass is 229 g/mol. The van der Waals surface area contributed by atoms with Crippen LogP contribution in [0.25, 0.3) is 0 Å². The summed E-state index contributed by atoms with van der Waals surface area (Å²) >= 11 is 5.87. The smallest absolute Gasteiger partial charge is 0.164 e. The van der Waals surface area contributed by atoms with Gasteiger partial charge in [-0.1, -0.05) is 11.6 Å². The number of aromatic hydroxyl groups is 1. The quantitative estimate of drug-likeness (QED) is 0.704. The first-order chi connectivity index (χ1) is 7.07. The lowest BCUT2D eigenvalue weighted by Gasteiger charge is -2.38. The average Bonchev–Trinajstić information content (AvgIpc) is 2.17. The molecule has 0 aliphatic carbocycles. The maximum atomic E-state index is 10.1. The third-order valence-corrected chi connectivity index (χ3v) is 2.81. The Morgan fingerprint density at radius 2 is 2.13 bits per heavy atom. The van der Waals surface area contributed by atoms with Crippen molar-refractivity contribution in [2.45, 2.75) is 5.60 Å². The molecule has 0 radical (unpaired) electrons. The second-order valence-corrected chi connectivity index (χ2v) is 4.08. The molecule has 0 aromatic heterocycles. The topological polar surface area (TPSA) is 61.7 Å². The second-order valence-electron chi connectivity index (χ2n) is 3.64. The van der Waals surface area contributed by atoms with Crippen LogP contribution in [0.15, 0.2) is 12.1 Å². The summed E-state index contributed by atoms with van der Waals surface area (Å²) in [6.45, 7) is 0.814. The van der Waals surface area contributed by atoms with Gasteiger partial charge in [-0.25, -0.2) is 0 Å². The first-order valence-corrected chi connectivity index (χ1v) is 4.95. The van der Waals surface area contributed by atoms with Crippen LogP contribution in [0.1, 0.15) is 5.56 Å². The third-order valence-electron chi connectivity index (χ3n) is 2.60. The van der Waals surface area contributed by atoms with Crippen molar-refractivity contribution in [1.82, 2.24) is 5.32 Å². The SMILES string of the molecule is COc1cc(Cl)cc(C2(O)CNC2)c1O. The number of aliphatic hydroxyl groups is 1. The molecule has 0 atom stereocenters. The van der Waals surface area contributed by atoms with Gasteiger partial charge in [0.2, 0.25) is 0 Å². The minimum absolute atomic E-state index is 0.0501. The fourth-order valence-electron chi connectivity index (χ4n) is 1.64. The van der Waals surface area contributed by atoms with E-state index in [1.807, 2.05) is 0 Å². The number of phenolic OH excluding ortho intramolecular Hbond substituents is 1. The molecule has 3 N–H and O–H groups in total. The van der Waals surface area contributed by atoms with Crippen molar-refractivity contribution in [3.63, 3.8) is 0 Å². The molecule has 0 bridgehead atoms. The Kier molecular flexibility index (Phi) is 2.50. The van der Waals surface area contributed by atoms with Crippen molar-refractivity contribution in [1.29, 1.82) is 0 Å². The van der Waals surface area contributed by atoms with E-state index in [2.05, 4.69) is 5.32 Å².